The van der Waals surface area contributed by atoms with Gasteiger partial charge in [-0.05, 0) is 11.6 Å². The topological polar surface area (TPSA) is 91.3 Å². The fourth-order valence-electron chi connectivity index (χ4n) is 2.89. The van der Waals surface area contributed by atoms with Crippen molar-refractivity contribution in [1.82, 2.24) is 10.2 Å². The van der Waals surface area contributed by atoms with E-state index < -0.39 is 0 Å². The van der Waals surface area contributed by atoms with Gasteiger partial charge in [-0.2, -0.15) is 0 Å². The van der Waals surface area contributed by atoms with Crippen LogP contribution >= 0.6 is 0 Å². The van der Waals surface area contributed by atoms with E-state index in [2.05, 4.69) is 5.32 Å². The maximum Gasteiger partial charge on any atom is 0.410 e. The van der Waals surface area contributed by atoms with E-state index in [1.807, 2.05) is 30.3 Å². The van der Waals surface area contributed by atoms with Crippen molar-refractivity contribution < 1.29 is 24.5 Å². The lowest BCUT2D eigenvalue weighted by atomic mass is 10.2. The summed E-state index contributed by atoms with van der Waals surface area (Å²) in [6.45, 7) is 2.62. The second-order valence-corrected chi connectivity index (χ2v) is 6.42. The number of nitrogens with one attached hydrogen (secondary N) is 1. The molecule has 1 heterocycles. The Balaban J connectivity index is 1.42. The van der Waals surface area contributed by atoms with E-state index in [1.54, 1.807) is 11.0 Å². The first-order chi connectivity index (χ1) is 13.1. The molecular weight excluding hydrogens is 348 g/mol. The molecule has 1 saturated heterocycles. The summed E-state index contributed by atoms with van der Waals surface area (Å²) in [5.74, 6) is 0.0645. The van der Waals surface area contributed by atoms with Gasteiger partial charge in [0.05, 0.1) is 19.3 Å². The lowest BCUT2D eigenvalue weighted by Crippen LogP contribution is -2.49. The minimum atomic E-state index is -0.344. The van der Waals surface area contributed by atoms with Crippen molar-refractivity contribution in [1.29, 1.82) is 0 Å². The van der Waals surface area contributed by atoms with Crippen molar-refractivity contribution in [3.05, 3.63) is 59.7 Å². The molecule has 1 atom stereocenters. The van der Waals surface area contributed by atoms with E-state index in [-0.39, 0.29) is 30.3 Å². The zero-order valence-electron chi connectivity index (χ0n) is 15.0. The molecule has 0 saturated carbocycles. The summed E-state index contributed by atoms with van der Waals surface area (Å²) in [5, 5.41) is 22.3. The van der Waals surface area contributed by atoms with Gasteiger partial charge in [0, 0.05) is 31.3 Å². The van der Waals surface area contributed by atoms with Crippen LogP contribution in [0.15, 0.2) is 48.5 Å². The second kappa shape index (κ2) is 9.25. The number of phenols is 2. The van der Waals surface area contributed by atoms with Gasteiger partial charge < -0.3 is 29.9 Å². The quantitative estimate of drug-likeness (QED) is 0.720. The predicted molar refractivity (Wildman–Crippen MR) is 99.4 cm³/mol. The van der Waals surface area contributed by atoms with Gasteiger partial charge >= 0.3 is 6.09 Å². The number of morpholine rings is 1. The van der Waals surface area contributed by atoms with Gasteiger partial charge in [0.2, 0.25) is 0 Å². The number of nitrogens with zero attached hydrogens (tertiary/aromatic N) is 1. The highest BCUT2D eigenvalue weighted by Crippen LogP contribution is 2.22. The summed E-state index contributed by atoms with van der Waals surface area (Å²) < 4.78 is 11.1. The third-order valence-electron chi connectivity index (χ3n) is 4.36. The summed E-state index contributed by atoms with van der Waals surface area (Å²) in [6, 6.07) is 14.1. The number of ether oxygens (including phenoxy) is 2. The van der Waals surface area contributed by atoms with Crippen LogP contribution in [0, 0.1) is 0 Å². The van der Waals surface area contributed by atoms with E-state index >= 15 is 0 Å². The monoisotopic (exact) mass is 372 g/mol. The van der Waals surface area contributed by atoms with E-state index in [0.29, 0.717) is 38.3 Å². The Kier molecular flexibility index (Phi) is 6.51. The fraction of sp³-hybridized carbons (Fsp3) is 0.350. The number of aromatic hydroxyl groups is 2. The lowest BCUT2D eigenvalue weighted by molar-refractivity contribution is -0.0271. The summed E-state index contributed by atoms with van der Waals surface area (Å²) in [7, 11) is 0. The van der Waals surface area contributed by atoms with E-state index in [4.69, 9.17) is 9.47 Å². The number of carbonyl (C=O) groups excluding carboxylic acids is 1. The van der Waals surface area contributed by atoms with Gasteiger partial charge in [-0.15, -0.1) is 0 Å². The zero-order valence-corrected chi connectivity index (χ0v) is 15.0. The first-order valence-electron chi connectivity index (χ1n) is 8.90. The Hall–Kier alpha value is -2.77. The average molecular weight is 372 g/mol. The Labute approximate surface area is 158 Å². The average Bonchev–Trinajstić information content (AvgIpc) is 2.69. The number of rotatable bonds is 6. The summed E-state index contributed by atoms with van der Waals surface area (Å²) in [6.07, 6.45) is -0.495. The molecule has 7 heteroatoms. The van der Waals surface area contributed by atoms with Crippen LogP contribution in [0.25, 0.3) is 0 Å². The zero-order chi connectivity index (χ0) is 19.1. The van der Waals surface area contributed by atoms with Gasteiger partial charge in [0.25, 0.3) is 0 Å². The summed E-state index contributed by atoms with van der Waals surface area (Å²) in [4.78, 5) is 13.9. The maximum atomic E-state index is 12.3. The third kappa shape index (κ3) is 5.60. The highest BCUT2D eigenvalue weighted by molar-refractivity contribution is 5.67. The highest BCUT2D eigenvalue weighted by atomic mass is 16.6. The number of hydrogen-bond donors (Lipinski definition) is 3. The van der Waals surface area contributed by atoms with Crippen molar-refractivity contribution >= 4 is 6.09 Å². The Morgan fingerprint density at radius 1 is 1.22 bits per heavy atom. The number of carbonyl (C=O) groups is 1. The standard InChI is InChI=1S/C20H24N2O5/c23-17-7-6-16(19(24)10-17)11-21-12-18-13-22(8-9-26-18)20(25)27-14-15-4-2-1-3-5-15/h1-7,10,18,21,23-24H,8-9,11-14H2. The predicted octanol–water partition coefficient (Wildman–Crippen LogP) is 2.23. The smallest absolute Gasteiger partial charge is 0.410 e. The molecule has 0 bridgehead atoms. The van der Waals surface area contributed by atoms with Gasteiger partial charge in [-0.3, -0.25) is 0 Å². The normalized spacial score (nSPS) is 16.9. The molecule has 1 aliphatic heterocycles. The number of hydrogen-bond acceptors (Lipinski definition) is 6. The van der Waals surface area contributed by atoms with Crippen molar-refractivity contribution in [2.24, 2.45) is 0 Å². The molecule has 0 aliphatic carbocycles. The molecule has 3 N–H and O–H groups in total. The number of phenolic OH excluding ortho intramolecular Hbond substituents is 2. The molecule has 0 spiro atoms. The molecule has 1 amide bonds. The van der Waals surface area contributed by atoms with Crippen molar-refractivity contribution in [2.45, 2.75) is 19.3 Å². The molecule has 2 aromatic carbocycles. The molecule has 7 nitrogen and oxygen atoms in total. The molecule has 0 aromatic heterocycles. The van der Waals surface area contributed by atoms with Gasteiger partial charge in [0.1, 0.15) is 18.1 Å². The van der Waals surface area contributed by atoms with Crippen LogP contribution < -0.4 is 5.32 Å². The van der Waals surface area contributed by atoms with Gasteiger partial charge in [0.15, 0.2) is 0 Å². The fourth-order valence-corrected chi connectivity index (χ4v) is 2.89. The van der Waals surface area contributed by atoms with Crippen LogP contribution in [0.4, 0.5) is 4.79 Å². The molecule has 0 radical (unpaired) electrons. The van der Waals surface area contributed by atoms with E-state index in [1.165, 1.54) is 12.1 Å². The Morgan fingerprint density at radius 2 is 2.04 bits per heavy atom. The van der Waals surface area contributed by atoms with Gasteiger partial charge in [-0.1, -0.05) is 36.4 Å². The Bertz CT molecular complexity index is 753. The van der Waals surface area contributed by atoms with E-state index in [0.717, 1.165) is 5.56 Å². The van der Waals surface area contributed by atoms with Crippen LogP contribution in [0.5, 0.6) is 11.5 Å². The van der Waals surface area contributed by atoms with Crippen molar-refractivity contribution in [3.8, 4) is 11.5 Å². The molecule has 27 heavy (non-hydrogen) atoms. The number of benzene rings is 2. The molecule has 3 rings (SSSR count). The minimum absolute atomic E-state index is 0.0246. The van der Waals surface area contributed by atoms with Gasteiger partial charge in [-0.25, -0.2) is 4.79 Å². The van der Waals surface area contributed by atoms with Crippen molar-refractivity contribution in [2.75, 3.05) is 26.2 Å². The largest absolute Gasteiger partial charge is 0.508 e. The summed E-state index contributed by atoms with van der Waals surface area (Å²) in [5.41, 5.74) is 1.63. The molecule has 1 aliphatic rings. The van der Waals surface area contributed by atoms with E-state index in [9.17, 15) is 15.0 Å². The molecular formula is C20H24N2O5. The molecule has 2 aromatic rings. The molecule has 1 fully saturated rings. The molecule has 144 valence electrons. The van der Waals surface area contributed by atoms with Crippen LogP contribution in [0.1, 0.15) is 11.1 Å². The molecule has 1 unspecified atom stereocenters. The summed E-state index contributed by atoms with van der Waals surface area (Å²) >= 11 is 0. The van der Waals surface area contributed by atoms with Crippen LogP contribution in [-0.4, -0.2) is 53.6 Å². The van der Waals surface area contributed by atoms with Crippen LogP contribution in [0.3, 0.4) is 0 Å². The first kappa shape index (κ1) is 19.0. The third-order valence-corrected chi connectivity index (χ3v) is 4.36. The van der Waals surface area contributed by atoms with Crippen LogP contribution in [-0.2, 0) is 22.6 Å². The SMILES string of the molecule is O=C(OCc1ccccc1)N1CCOC(CNCc2ccc(O)cc2O)C1. The first-order valence-corrected chi connectivity index (χ1v) is 8.90. The lowest BCUT2D eigenvalue weighted by Gasteiger charge is -2.32. The maximum absolute atomic E-state index is 12.3. The minimum Gasteiger partial charge on any atom is -0.508 e. The second-order valence-electron chi connectivity index (χ2n) is 6.42. The highest BCUT2D eigenvalue weighted by Gasteiger charge is 2.25. The number of amides is 1. The van der Waals surface area contributed by atoms with Crippen LogP contribution in [0.2, 0.25) is 0 Å². The Morgan fingerprint density at radius 3 is 2.81 bits per heavy atom. The van der Waals surface area contributed by atoms with Crippen molar-refractivity contribution in [3.63, 3.8) is 0 Å².